The largest absolute Gasteiger partial charge is 0.368 e. The Kier molecular flexibility index (Phi) is 4.06. The Hall–Kier alpha value is -1.73. The summed E-state index contributed by atoms with van der Waals surface area (Å²) >= 11 is 5.85. The third-order valence-corrected chi connectivity index (χ3v) is 3.31. The van der Waals surface area contributed by atoms with Crippen LogP contribution in [-0.2, 0) is 4.79 Å². The Bertz CT molecular complexity index is 458. The van der Waals surface area contributed by atoms with Gasteiger partial charge in [-0.2, -0.15) is 5.26 Å². The number of carbonyl (C=O) groups is 1. The number of piperazine rings is 1. The third-order valence-electron chi connectivity index (χ3n) is 3.05. The second-order valence-electron chi connectivity index (χ2n) is 4.18. The van der Waals surface area contributed by atoms with Crippen molar-refractivity contribution in [2.45, 2.75) is 6.42 Å². The molecule has 0 bridgehead atoms. The first kappa shape index (κ1) is 12.7. The molecular weight excluding hydrogens is 250 g/mol. The van der Waals surface area contributed by atoms with Crippen LogP contribution in [0.5, 0.6) is 0 Å². The molecule has 18 heavy (non-hydrogen) atoms. The molecule has 0 aromatic heterocycles. The topological polar surface area (TPSA) is 47.3 Å². The van der Waals surface area contributed by atoms with Crippen molar-refractivity contribution < 1.29 is 4.79 Å². The minimum Gasteiger partial charge on any atom is -0.368 e. The zero-order valence-corrected chi connectivity index (χ0v) is 10.7. The summed E-state index contributed by atoms with van der Waals surface area (Å²) in [5.74, 6) is -0.0757. The van der Waals surface area contributed by atoms with Crippen LogP contribution in [0.3, 0.4) is 0 Å². The van der Waals surface area contributed by atoms with Crippen molar-refractivity contribution in [1.29, 1.82) is 5.26 Å². The quantitative estimate of drug-likeness (QED) is 0.819. The van der Waals surface area contributed by atoms with Gasteiger partial charge in [0.05, 0.1) is 6.07 Å². The van der Waals surface area contributed by atoms with Gasteiger partial charge in [-0.05, 0) is 24.3 Å². The molecular formula is C13H14ClN3O. The van der Waals surface area contributed by atoms with Gasteiger partial charge in [-0.3, -0.25) is 4.79 Å². The van der Waals surface area contributed by atoms with E-state index in [-0.39, 0.29) is 12.3 Å². The predicted molar refractivity (Wildman–Crippen MR) is 70.5 cm³/mol. The van der Waals surface area contributed by atoms with Gasteiger partial charge in [-0.25, -0.2) is 0 Å². The van der Waals surface area contributed by atoms with Crippen molar-refractivity contribution in [3.05, 3.63) is 29.3 Å². The fraction of sp³-hybridized carbons (Fsp3) is 0.385. The van der Waals surface area contributed by atoms with E-state index >= 15 is 0 Å². The van der Waals surface area contributed by atoms with Crippen LogP contribution in [-0.4, -0.2) is 37.0 Å². The molecule has 0 atom stereocenters. The SMILES string of the molecule is N#CCC(=O)N1CCN(c2ccc(Cl)cc2)CC1. The normalized spacial score (nSPS) is 15.3. The molecule has 0 saturated carbocycles. The van der Waals surface area contributed by atoms with Crippen molar-refractivity contribution in [3.8, 4) is 6.07 Å². The number of hydrogen-bond donors (Lipinski definition) is 0. The monoisotopic (exact) mass is 263 g/mol. The van der Waals surface area contributed by atoms with E-state index in [1.54, 1.807) is 4.90 Å². The van der Waals surface area contributed by atoms with Crippen molar-refractivity contribution >= 4 is 23.2 Å². The molecule has 94 valence electrons. The van der Waals surface area contributed by atoms with Crippen molar-refractivity contribution in [2.24, 2.45) is 0 Å². The van der Waals surface area contributed by atoms with Gasteiger partial charge in [-0.15, -0.1) is 0 Å². The van der Waals surface area contributed by atoms with Crippen LogP contribution in [0.2, 0.25) is 5.02 Å². The van der Waals surface area contributed by atoms with Crippen molar-refractivity contribution in [2.75, 3.05) is 31.1 Å². The molecule has 1 aromatic carbocycles. The Morgan fingerprint density at radius 1 is 1.22 bits per heavy atom. The lowest BCUT2D eigenvalue weighted by molar-refractivity contribution is -0.130. The maximum Gasteiger partial charge on any atom is 0.236 e. The van der Waals surface area contributed by atoms with Gasteiger partial charge in [0, 0.05) is 36.9 Å². The Morgan fingerprint density at radius 3 is 2.39 bits per heavy atom. The number of rotatable bonds is 2. The molecule has 5 heteroatoms. The van der Waals surface area contributed by atoms with Gasteiger partial charge >= 0.3 is 0 Å². The van der Waals surface area contributed by atoms with Gasteiger partial charge in [0.1, 0.15) is 6.42 Å². The molecule has 1 aliphatic heterocycles. The van der Waals surface area contributed by atoms with Crippen LogP contribution in [0.25, 0.3) is 0 Å². The minimum atomic E-state index is -0.0757. The van der Waals surface area contributed by atoms with E-state index in [0.717, 1.165) is 23.8 Å². The smallest absolute Gasteiger partial charge is 0.236 e. The summed E-state index contributed by atoms with van der Waals surface area (Å²) in [6.45, 7) is 2.92. The van der Waals surface area contributed by atoms with Crippen LogP contribution >= 0.6 is 11.6 Å². The van der Waals surface area contributed by atoms with Gasteiger partial charge in [0.15, 0.2) is 0 Å². The second-order valence-corrected chi connectivity index (χ2v) is 4.62. The summed E-state index contributed by atoms with van der Waals surface area (Å²) in [4.78, 5) is 15.5. The number of nitriles is 1. The van der Waals surface area contributed by atoms with Crippen LogP contribution in [0.1, 0.15) is 6.42 Å². The molecule has 0 N–H and O–H groups in total. The van der Waals surface area contributed by atoms with E-state index in [2.05, 4.69) is 4.90 Å². The molecule has 1 aromatic rings. The molecule has 2 rings (SSSR count). The number of anilines is 1. The summed E-state index contributed by atoms with van der Waals surface area (Å²) in [6, 6.07) is 9.59. The molecule has 0 aliphatic carbocycles. The Morgan fingerprint density at radius 2 is 1.83 bits per heavy atom. The van der Waals surface area contributed by atoms with E-state index in [1.165, 1.54) is 0 Å². The highest BCUT2D eigenvalue weighted by atomic mass is 35.5. The first-order valence-corrected chi connectivity index (χ1v) is 6.24. The van der Waals surface area contributed by atoms with Gasteiger partial charge in [0.2, 0.25) is 5.91 Å². The van der Waals surface area contributed by atoms with Crippen LogP contribution in [0, 0.1) is 11.3 Å². The summed E-state index contributed by atoms with van der Waals surface area (Å²) in [7, 11) is 0. The number of nitrogens with zero attached hydrogens (tertiary/aromatic N) is 3. The average molecular weight is 264 g/mol. The van der Waals surface area contributed by atoms with Gasteiger partial charge < -0.3 is 9.80 Å². The Labute approximate surface area is 111 Å². The molecule has 1 fully saturated rings. The van der Waals surface area contributed by atoms with Crippen molar-refractivity contribution in [1.82, 2.24) is 4.90 Å². The average Bonchev–Trinajstić information content (AvgIpc) is 2.40. The first-order chi connectivity index (χ1) is 8.70. The van der Waals surface area contributed by atoms with E-state index in [1.807, 2.05) is 30.3 Å². The first-order valence-electron chi connectivity index (χ1n) is 5.86. The highest BCUT2D eigenvalue weighted by Crippen LogP contribution is 2.19. The zero-order chi connectivity index (χ0) is 13.0. The third kappa shape index (κ3) is 2.93. The number of halogens is 1. The van der Waals surface area contributed by atoms with E-state index in [9.17, 15) is 4.79 Å². The van der Waals surface area contributed by atoms with Crippen LogP contribution in [0.4, 0.5) is 5.69 Å². The second kappa shape index (κ2) is 5.74. The number of amides is 1. The predicted octanol–water partition coefficient (Wildman–Crippen LogP) is 1.90. The van der Waals surface area contributed by atoms with E-state index in [4.69, 9.17) is 16.9 Å². The lowest BCUT2D eigenvalue weighted by Crippen LogP contribution is -2.48. The molecule has 0 unspecified atom stereocenters. The standard InChI is InChI=1S/C13H14ClN3O/c14-11-1-3-12(4-2-11)16-7-9-17(10-8-16)13(18)5-6-15/h1-4H,5,7-10H2. The zero-order valence-electron chi connectivity index (χ0n) is 9.97. The summed E-state index contributed by atoms with van der Waals surface area (Å²) in [5.41, 5.74) is 1.12. The highest BCUT2D eigenvalue weighted by molar-refractivity contribution is 6.30. The highest BCUT2D eigenvalue weighted by Gasteiger charge is 2.20. The van der Waals surface area contributed by atoms with Crippen molar-refractivity contribution in [3.63, 3.8) is 0 Å². The molecule has 1 saturated heterocycles. The summed E-state index contributed by atoms with van der Waals surface area (Å²) < 4.78 is 0. The summed E-state index contributed by atoms with van der Waals surface area (Å²) in [6.07, 6.45) is -0.0268. The van der Waals surface area contributed by atoms with E-state index in [0.29, 0.717) is 13.1 Å². The number of hydrogen-bond acceptors (Lipinski definition) is 3. The molecule has 1 heterocycles. The van der Waals surface area contributed by atoms with Gasteiger partial charge in [0.25, 0.3) is 0 Å². The molecule has 0 radical (unpaired) electrons. The number of carbonyl (C=O) groups excluding carboxylic acids is 1. The van der Waals surface area contributed by atoms with Gasteiger partial charge in [-0.1, -0.05) is 11.6 Å². The molecule has 1 amide bonds. The molecule has 0 spiro atoms. The minimum absolute atomic E-state index is 0.0268. The maximum atomic E-state index is 11.6. The fourth-order valence-corrected chi connectivity index (χ4v) is 2.17. The lowest BCUT2D eigenvalue weighted by atomic mass is 10.2. The Balaban J connectivity index is 1.92. The summed E-state index contributed by atoms with van der Waals surface area (Å²) in [5, 5.41) is 9.23. The van der Waals surface area contributed by atoms with E-state index < -0.39 is 0 Å². The molecule has 1 aliphatic rings. The lowest BCUT2D eigenvalue weighted by Gasteiger charge is -2.35. The molecule has 4 nitrogen and oxygen atoms in total. The number of benzene rings is 1. The van der Waals surface area contributed by atoms with Crippen LogP contribution in [0.15, 0.2) is 24.3 Å². The maximum absolute atomic E-state index is 11.6. The van der Waals surface area contributed by atoms with Crippen LogP contribution < -0.4 is 4.90 Å². The fourth-order valence-electron chi connectivity index (χ4n) is 2.05.